The van der Waals surface area contributed by atoms with E-state index in [-0.39, 0.29) is 18.0 Å². The van der Waals surface area contributed by atoms with Gasteiger partial charge in [0.05, 0.1) is 18.1 Å². The Morgan fingerprint density at radius 1 is 1.56 bits per heavy atom. The van der Waals surface area contributed by atoms with Gasteiger partial charge in [0.15, 0.2) is 0 Å². The maximum absolute atomic E-state index is 13.7. The Morgan fingerprint density at radius 2 is 2.22 bits per heavy atom. The molecule has 0 aliphatic carbocycles. The molecule has 18 heavy (non-hydrogen) atoms. The molecule has 0 aliphatic heterocycles. The van der Waals surface area contributed by atoms with Crippen molar-refractivity contribution in [3.05, 3.63) is 34.1 Å². The second-order valence-electron chi connectivity index (χ2n) is 4.10. The maximum Gasteiger partial charge on any atom is 0.258 e. The van der Waals surface area contributed by atoms with E-state index < -0.39 is 11.7 Å². The zero-order valence-electron chi connectivity index (χ0n) is 10.3. The van der Waals surface area contributed by atoms with Crippen molar-refractivity contribution in [1.29, 1.82) is 5.26 Å². The number of hydrogen-bond acceptors (Lipinski definition) is 2. The lowest BCUT2D eigenvalue weighted by Gasteiger charge is -2.26. The van der Waals surface area contributed by atoms with Gasteiger partial charge in [-0.15, -0.1) is 0 Å². The van der Waals surface area contributed by atoms with Gasteiger partial charge >= 0.3 is 0 Å². The third-order valence-corrected chi connectivity index (χ3v) is 3.19. The molecule has 0 fully saturated rings. The summed E-state index contributed by atoms with van der Waals surface area (Å²) < 4.78 is 14.1. The smallest absolute Gasteiger partial charge is 0.258 e. The summed E-state index contributed by atoms with van der Waals surface area (Å²) in [6.45, 7) is 3.97. The molecule has 0 heterocycles. The van der Waals surface area contributed by atoms with Crippen LogP contribution in [0.25, 0.3) is 0 Å². The molecular formula is C13H14BrFN2O. The highest BCUT2D eigenvalue weighted by Crippen LogP contribution is 2.22. The van der Waals surface area contributed by atoms with Gasteiger partial charge in [0, 0.05) is 17.1 Å². The number of halogens is 2. The number of amides is 1. The van der Waals surface area contributed by atoms with E-state index in [2.05, 4.69) is 15.9 Å². The molecule has 1 aromatic carbocycles. The van der Waals surface area contributed by atoms with E-state index in [1.807, 2.05) is 19.9 Å². The van der Waals surface area contributed by atoms with Gasteiger partial charge in [-0.05, 0) is 41.9 Å². The first-order valence-electron chi connectivity index (χ1n) is 5.61. The number of benzene rings is 1. The minimum atomic E-state index is -0.558. The van der Waals surface area contributed by atoms with Crippen LogP contribution in [0.5, 0.6) is 0 Å². The molecule has 0 bridgehead atoms. The lowest BCUT2D eigenvalue weighted by molar-refractivity contribution is 0.0704. The molecule has 96 valence electrons. The molecule has 0 spiro atoms. The Balaban J connectivity index is 3.07. The van der Waals surface area contributed by atoms with Crippen molar-refractivity contribution in [1.82, 2.24) is 4.90 Å². The van der Waals surface area contributed by atoms with Gasteiger partial charge in [0.2, 0.25) is 0 Å². The first kappa shape index (κ1) is 14.7. The number of nitriles is 1. The third kappa shape index (κ3) is 3.30. The molecule has 0 N–H and O–H groups in total. The van der Waals surface area contributed by atoms with Gasteiger partial charge in [0.25, 0.3) is 5.91 Å². The number of carbonyl (C=O) groups excluding carboxylic acids is 1. The third-order valence-electron chi connectivity index (χ3n) is 2.53. The van der Waals surface area contributed by atoms with Crippen molar-refractivity contribution < 1.29 is 9.18 Å². The van der Waals surface area contributed by atoms with E-state index >= 15 is 0 Å². The van der Waals surface area contributed by atoms with Crippen LogP contribution in [0.3, 0.4) is 0 Å². The van der Waals surface area contributed by atoms with Crippen molar-refractivity contribution in [2.24, 2.45) is 0 Å². The molecule has 1 rings (SSSR count). The minimum absolute atomic E-state index is 0.0177. The van der Waals surface area contributed by atoms with Crippen LogP contribution >= 0.6 is 15.9 Å². The summed E-state index contributed by atoms with van der Waals surface area (Å²) in [5.74, 6) is -0.956. The zero-order valence-corrected chi connectivity index (χ0v) is 11.9. The fourth-order valence-electron chi connectivity index (χ4n) is 1.61. The van der Waals surface area contributed by atoms with Crippen LogP contribution in [0, 0.1) is 17.1 Å². The van der Waals surface area contributed by atoms with Crippen molar-refractivity contribution in [3.63, 3.8) is 0 Å². The van der Waals surface area contributed by atoms with Gasteiger partial charge in [-0.25, -0.2) is 4.39 Å². The summed E-state index contributed by atoms with van der Waals surface area (Å²) in [5.41, 5.74) is 0.0177. The molecule has 0 radical (unpaired) electrons. The Morgan fingerprint density at radius 3 is 2.72 bits per heavy atom. The average Bonchev–Trinajstić information content (AvgIpc) is 2.28. The predicted molar refractivity (Wildman–Crippen MR) is 70.5 cm³/mol. The highest BCUT2D eigenvalue weighted by Gasteiger charge is 2.23. The van der Waals surface area contributed by atoms with Crippen molar-refractivity contribution in [2.45, 2.75) is 26.3 Å². The van der Waals surface area contributed by atoms with Crippen molar-refractivity contribution >= 4 is 21.8 Å². The maximum atomic E-state index is 13.7. The average molecular weight is 313 g/mol. The van der Waals surface area contributed by atoms with Crippen LogP contribution in [0.15, 0.2) is 22.7 Å². The Labute approximate surface area is 114 Å². The monoisotopic (exact) mass is 312 g/mol. The topological polar surface area (TPSA) is 44.1 Å². The second-order valence-corrected chi connectivity index (χ2v) is 4.95. The number of rotatable bonds is 4. The standard InChI is InChI=1S/C13H14BrFN2O/c1-9(2)17(8-4-7-16)13(18)12-10(14)5-3-6-11(12)15/h3,5-6,9H,4,8H2,1-2H3. The summed E-state index contributed by atoms with van der Waals surface area (Å²) >= 11 is 3.18. The second kappa shape index (κ2) is 6.50. The first-order chi connectivity index (χ1) is 8.49. The molecule has 0 saturated heterocycles. The summed E-state index contributed by atoms with van der Waals surface area (Å²) in [7, 11) is 0. The van der Waals surface area contributed by atoms with Crippen LogP contribution in [-0.2, 0) is 0 Å². The molecule has 1 aromatic rings. The van der Waals surface area contributed by atoms with Crippen LogP contribution in [-0.4, -0.2) is 23.4 Å². The SMILES string of the molecule is CC(C)N(CCC#N)C(=O)c1c(F)cccc1Br. The fourth-order valence-corrected chi connectivity index (χ4v) is 2.12. The molecule has 0 atom stereocenters. The fraction of sp³-hybridized carbons (Fsp3) is 0.385. The number of nitrogens with zero attached hydrogens (tertiary/aromatic N) is 2. The van der Waals surface area contributed by atoms with Crippen molar-refractivity contribution in [2.75, 3.05) is 6.54 Å². The molecule has 1 amide bonds. The van der Waals surface area contributed by atoms with Gasteiger partial charge in [-0.1, -0.05) is 6.07 Å². The van der Waals surface area contributed by atoms with Gasteiger partial charge in [-0.2, -0.15) is 5.26 Å². The van der Waals surface area contributed by atoms with Gasteiger partial charge in [-0.3, -0.25) is 4.79 Å². The van der Waals surface area contributed by atoms with E-state index in [9.17, 15) is 9.18 Å². The molecule has 0 aromatic heterocycles. The van der Waals surface area contributed by atoms with Gasteiger partial charge in [0.1, 0.15) is 5.82 Å². The quantitative estimate of drug-likeness (QED) is 0.855. The minimum Gasteiger partial charge on any atom is -0.335 e. The Hall–Kier alpha value is -1.41. The number of hydrogen-bond donors (Lipinski definition) is 0. The molecule has 3 nitrogen and oxygen atoms in total. The van der Waals surface area contributed by atoms with E-state index in [4.69, 9.17) is 5.26 Å². The molecule has 0 saturated carbocycles. The Bertz CT molecular complexity index is 462. The van der Waals surface area contributed by atoms with Gasteiger partial charge < -0.3 is 4.90 Å². The summed E-state index contributed by atoms with van der Waals surface area (Å²) in [6.07, 6.45) is 0.232. The largest absolute Gasteiger partial charge is 0.335 e. The first-order valence-corrected chi connectivity index (χ1v) is 6.40. The summed E-state index contributed by atoms with van der Waals surface area (Å²) in [5, 5.41) is 8.59. The van der Waals surface area contributed by atoms with E-state index in [1.165, 1.54) is 17.0 Å². The Kier molecular flexibility index (Phi) is 5.29. The normalized spacial score (nSPS) is 10.2. The lowest BCUT2D eigenvalue weighted by atomic mass is 10.1. The highest BCUT2D eigenvalue weighted by atomic mass is 79.9. The van der Waals surface area contributed by atoms with E-state index in [0.717, 1.165) is 0 Å². The molecular weight excluding hydrogens is 299 g/mol. The predicted octanol–water partition coefficient (Wildman–Crippen LogP) is 3.35. The summed E-state index contributed by atoms with van der Waals surface area (Å²) in [4.78, 5) is 13.8. The van der Waals surface area contributed by atoms with E-state index in [0.29, 0.717) is 11.0 Å². The lowest BCUT2D eigenvalue weighted by Crippen LogP contribution is -2.38. The van der Waals surface area contributed by atoms with E-state index in [1.54, 1.807) is 6.07 Å². The summed E-state index contributed by atoms with van der Waals surface area (Å²) in [6, 6.07) is 6.31. The zero-order chi connectivity index (χ0) is 13.7. The van der Waals surface area contributed by atoms with Crippen LogP contribution in [0.4, 0.5) is 4.39 Å². The number of carbonyl (C=O) groups is 1. The van der Waals surface area contributed by atoms with Crippen LogP contribution in [0.1, 0.15) is 30.6 Å². The highest BCUT2D eigenvalue weighted by molar-refractivity contribution is 9.10. The molecule has 0 unspecified atom stereocenters. The molecule has 0 aliphatic rings. The van der Waals surface area contributed by atoms with Crippen LogP contribution < -0.4 is 0 Å². The van der Waals surface area contributed by atoms with Crippen molar-refractivity contribution in [3.8, 4) is 6.07 Å². The van der Waals surface area contributed by atoms with Crippen LogP contribution in [0.2, 0.25) is 0 Å². The molecule has 5 heteroatoms.